The van der Waals surface area contributed by atoms with E-state index >= 15 is 0 Å². The van der Waals surface area contributed by atoms with Crippen molar-refractivity contribution in [2.75, 3.05) is 13.7 Å². The number of hydrogen-bond acceptors (Lipinski definition) is 8. The molecule has 2 aromatic rings. The molecule has 1 N–H and O–H groups in total. The number of hydrogen-bond donors (Lipinski definition) is 1. The molecule has 2 bridgehead atoms. The van der Waals surface area contributed by atoms with Gasteiger partial charge in [-0.2, -0.15) is 0 Å². The van der Waals surface area contributed by atoms with Crippen LogP contribution in [-0.2, 0) is 20.7 Å². The van der Waals surface area contributed by atoms with Gasteiger partial charge in [-0.15, -0.1) is 0 Å². The molecule has 2 saturated carbocycles. The Morgan fingerprint density at radius 2 is 1.74 bits per heavy atom. The van der Waals surface area contributed by atoms with Crippen molar-refractivity contribution >= 4 is 29.3 Å². The normalized spacial score (nSPS) is 32.3. The van der Waals surface area contributed by atoms with E-state index in [0.29, 0.717) is 23.6 Å². The zero-order valence-electron chi connectivity index (χ0n) is 27.9. The number of aryl methyl sites for hydroxylation is 1. The van der Waals surface area contributed by atoms with Crippen molar-refractivity contribution in [1.29, 1.82) is 0 Å². The van der Waals surface area contributed by atoms with Gasteiger partial charge in [0.05, 0.1) is 30.7 Å². The molecule has 6 rings (SSSR count). The summed E-state index contributed by atoms with van der Waals surface area (Å²) in [6, 6.07) is 4.14. The number of amides is 2. The summed E-state index contributed by atoms with van der Waals surface area (Å²) < 4.78 is 18.3. The smallest absolute Gasteiger partial charge is 0.408 e. The maximum Gasteiger partial charge on any atom is 0.408 e. The first-order chi connectivity index (χ1) is 22.1. The van der Waals surface area contributed by atoms with Crippen molar-refractivity contribution in [1.82, 2.24) is 20.2 Å². The summed E-state index contributed by atoms with van der Waals surface area (Å²) in [6.07, 6.45) is 12.0. The number of nitrogens with one attached hydrogen (secondary N) is 1. The highest BCUT2D eigenvalue weighted by molar-refractivity contribution is 5.89. The van der Waals surface area contributed by atoms with Crippen molar-refractivity contribution < 1.29 is 28.6 Å². The Hall–Kier alpha value is -3.43. The fourth-order valence-electron chi connectivity index (χ4n) is 8.51. The molecule has 2 aliphatic heterocycles. The third kappa shape index (κ3) is 6.41. The molecule has 4 aliphatic rings. The van der Waals surface area contributed by atoms with Gasteiger partial charge in [0.1, 0.15) is 35.5 Å². The summed E-state index contributed by atoms with van der Waals surface area (Å²) in [4.78, 5) is 52.3. The highest BCUT2D eigenvalue weighted by atomic mass is 16.6. The number of rotatable bonds is 3. The van der Waals surface area contributed by atoms with Crippen LogP contribution in [0.4, 0.5) is 4.79 Å². The second-order valence-electron chi connectivity index (χ2n) is 14.6. The second kappa shape index (κ2) is 13.4. The first-order valence-corrected chi connectivity index (χ1v) is 17.4. The Morgan fingerprint density at radius 3 is 2.50 bits per heavy atom. The van der Waals surface area contributed by atoms with Crippen molar-refractivity contribution in [2.45, 2.75) is 128 Å². The van der Waals surface area contributed by atoms with E-state index in [2.05, 4.69) is 19.2 Å². The molecular weight excluding hydrogens is 584 g/mol. The quantitative estimate of drug-likeness (QED) is 0.398. The van der Waals surface area contributed by atoms with Crippen LogP contribution in [0.15, 0.2) is 18.2 Å². The van der Waals surface area contributed by atoms with E-state index in [1.54, 1.807) is 12.0 Å². The molecule has 1 saturated heterocycles. The lowest BCUT2D eigenvalue weighted by atomic mass is 9.70. The van der Waals surface area contributed by atoms with Gasteiger partial charge in [0, 0.05) is 12.0 Å². The van der Waals surface area contributed by atoms with Gasteiger partial charge in [-0.3, -0.25) is 4.79 Å². The number of aromatic nitrogens is 2. The molecule has 2 amide bonds. The summed E-state index contributed by atoms with van der Waals surface area (Å²) >= 11 is 0. The number of benzene rings is 1. The maximum absolute atomic E-state index is 14.6. The maximum atomic E-state index is 14.6. The SMILES string of the molecule is COc1ccc2nc3c(nc2c1)O[C@H]1CN(C(=O)[C@H](C2(C)CCCCC2)NC(=O)O[C@]2(C)CCC[C@H]2CCCCC3)[C@H](C=O)[C@@H]1C. The Kier molecular flexibility index (Phi) is 9.44. The van der Waals surface area contributed by atoms with E-state index in [1.807, 2.05) is 25.1 Å². The number of carbonyl (C=O) groups is 3. The second-order valence-corrected chi connectivity index (χ2v) is 14.6. The van der Waals surface area contributed by atoms with E-state index < -0.39 is 35.3 Å². The zero-order valence-corrected chi connectivity index (χ0v) is 27.9. The van der Waals surface area contributed by atoms with E-state index in [-0.39, 0.29) is 24.3 Å². The van der Waals surface area contributed by atoms with Gasteiger partial charge < -0.3 is 29.2 Å². The highest BCUT2D eigenvalue weighted by Crippen LogP contribution is 2.43. The summed E-state index contributed by atoms with van der Waals surface area (Å²) in [7, 11) is 1.62. The largest absolute Gasteiger partial charge is 0.497 e. The summed E-state index contributed by atoms with van der Waals surface area (Å²) in [6.45, 7) is 6.30. The number of alkyl carbamates (subject to hydrolysis) is 1. The Morgan fingerprint density at radius 1 is 0.978 bits per heavy atom. The highest BCUT2D eigenvalue weighted by Gasteiger charge is 2.50. The Bertz CT molecular complexity index is 1440. The molecule has 1 aromatic heterocycles. The van der Waals surface area contributed by atoms with E-state index in [4.69, 9.17) is 24.2 Å². The molecule has 3 fully saturated rings. The van der Waals surface area contributed by atoms with Gasteiger partial charge in [-0.05, 0) is 81.8 Å². The Balaban J connectivity index is 1.37. The predicted octanol–water partition coefficient (Wildman–Crippen LogP) is 6.17. The van der Waals surface area contributed by atoms with Gasteiger partial charge >= 0.3 is 6.09 Å². The van der Waals surface area contributed by atoms with Crippen LogP contribution in [-0.4, -0.2) is 70.6 Å². The van der Waals surface area contributed by atoms with Crippen LogP contribution in [0.25, 0.3) is 11.0 Å². The minimum atomic E-state index is -0.806. The molecular formula is C36H50N4O6. The molecule has 0 spiro atoms. The fraction of sp³-hybridized carbons (Fsp3) is 0.694. The lowest BCUT2D eigenvalue weighted by molar-refractivity contribution is -0.141. The van der Waals surface area contributed by atoms with Gasteiger partial charge in [-0.1, -0.05) is 46.0 Å². The minimum Gasteiger partial charge on any atom is -0.497 e. The monoisotopic (exact) mass is 634 g/mol. The molecule has 6 atom stereocenters. The van der Waals surface area contributed by atoms with E-state index in [1.165, 1.54) is 0 Å². The van der Waals surface area contributed by atoms with Crippen LogP contribution < -0.4 is 14.8 Å². The number of fused-ring (bicyclic) bond motifs is 5. The molecule has 2 aliphatic carbocycles. The van der Waals surface area contributed by atoms with Crippen LogP contribution >= 0.6 is 0 Å². The molecule has 10 nitrogen and oxygen atoms in total. The van der Waals surface area contributed by atoms with E-state index in [9.17, 15) is 14.4 Å². The first kappa shape index (κ1) is 32.5. The van der Waals surface area contributed by atoms with Gasteiger partial charge in [-0.25, -0.2) is 14.8 Å². The van der Waals surface area contributed by atoms with Crippen molar-refractivity contribution in [2.24, 2.45) is 17.3 Å². The van der Waals surface area contributed by atoms with Crippen LogP contribution in [0, 0.1) is 17.3 Å². The van der Waals surface area contributed by atoms with Gasteiger partial charge in [0.2, 0.25) is 11.8 Å². The lowest BCUT2D eigenvalue weighted by Crippen LogP contribution is -2.59. The average molecular weight is 635 g/mol. The van der Waals surface area contributed by atoms with Crippen LogP contribution in [0.3, 0.4) is 0 Å². The number of methoxy groups -OCH3 is 1. The molecule has 0 unspecified atom stereocenters. The van der Waals surface area contributed by atoms with Crippen molar-refractivity contribution in [3.8, 4) is 11.6 Å². The van der Waals surface area contributed by atoms with Crippen molar-refractivity contribution in [3.05, 3.63) is 23.9 Å². The predicted molar refractivity (Wildman–Crippen MR) is 174 cm³/mol. The minimum absolute atomic E-state index is 0.212. The molecule has 46 heavy (non-hydrogen) atoms. The molecule has 3 heterocycles. The summed E-state index contributed by atoms with van der Waals surface area (Å²) in [5.41, 5.74) is 1.20. The van der Waals surface area contributed by atoms with Gasteiger partial charge in [0.25, 0.3) is 0 Å². The van der Waals surface area contributed by atoms with Crippen molar-refractivity contribution in [3.63, 3.8) is 0 Å². The topological polar surface area (TPSA) is 120 Å². The molecule has 0 radical (unpaired) electrons. The summed E-state index contributed by atoms with van der Waals surface area (Å²) in [5.74, 6) is 0.856. The first-order valence-electron chi connectivity index (χ1n) is 17.4. The fourth-order valence-corrected chi connectivity index (χ4v) is 8.51. The summed E-state index contributed by atoms with van der Waals surface area (Å²) in [5, 5.41) is 3.06. The number of aldehydes is 1. The molecule has 1 aromatic carbocycles. The zero-order chi connectivity index (χ0) is 32.5. The lowest BCUT2D eigenvalue weighted by Gasteiger charge is -2.42. The van der Waals surface area contributed by atoms with Crippen LogP contribution in [0.5, 0.6) is 11.6 Å². The molecule has 250 valence electrons. The van der Waals surface area contributed by atoms with E-state index in [0.717, 1.165) is 94.5 Å². The number of carbonyl (C=O) groups excluding carboxylic acids is 3. The average Bonchev–Trinajstić information content (AvgIpc) is 3.56. The van der Waals surface area contributed by atoms with Crippen LogP contribution in [0.2, 0.25) is 0 Å². The van der Waals surface area contributed by atoms with Gasteiger partial charge in [0.15, 0.2) is 0 Å². The standard InChI is InChI=1S/C36H50N4O6/c1-23-29(22-41)40-21-30(23)45-32-27(37-26-16-15-25(44-4)20-28(26)38-32)14-8-5-7-12-24-13-11-19-36(24,3)46-34(43)39-31(33(40)42)35(2)17-9-6-10-18-35/h15-16,20,22-24,29-31H,5-14,17-19,21H2,1-4H3,(H,39,43)/t23-,24+,29+,30-,31+,36+/m0/s1. The van der Waals surface area contributed by atoms with Crippen LogP contribution in [0.1, 0.15) is 104 Å². The number of ether oxygens (including phenoxy) is 3. The number of nitrogens with zero attached hydrogens (tertiary/aromatic N) is 3. The third-order valence-electron chi connectivity index (χ3n) is 11.5. The third-order valence-corrected chi connectivity index (χ3v) is 11.5. The molecule has 10 heteroatoms. The Labute approximate surface area is 272 Å².